The van der Waals surface area contributed by atoms with Crippen molar-refractivity contribution in [2.75, 3.05) is 0 Å². The van der Waals surface area contributed by atoms with Crippen molar-refractivity contribution >= 4 is 38.6 Å². The monoisotopic (exact) mass is 414 g/mol. The van der Waals surface area contributed by atoms with Gasteiger partial charge in [0.05, 0.1) is 15.9 Å². The maximum Gasteiger partial charge on any atom is 0.303 e. The van der Waals surface area contributed by atoms with Gasteiger partial charge < -0.3 is 5.11 Å². The van der Waals surface area contributed by atoms with Crippen LogP contribution >= 0.6 is 11.6 Å². The summed E-state index contributed by atoms with van der Waals surface area (Å²) in [4.78, 5) is 14.4. The third-order valence-electron chi connectivity index (χ3n) is 3.90. The molecule has 0 radical (unpaired) electrons. The van der Waals surface area contributed by atoms with Gasteiger partial charge in [-0.05, 0) is 49.2 Å². The highest BCUT2D eigenvalue weighted by atomic mass is 35.5. The first-order chi connectivity index (χ1) is 12.7. The Balaban J connectivity index is 2.17. The number of nitrogens with zero attached hydrogens (tertiary/aromatic N) is 2. The Morgan fingerprint density at radius 3 is 2.56 bits per heavy atom. The Morgan fingerprint density at radius 1 is 1.15 bits per heavy atom. The Morgan fingerprint density at radius 2 is 1.89 bits per heavy atom. The molecule has 0 aliphatic heterocycles. The van der Waals surface area contributed by atoms with Gasteiger partial charge in [0.15, 0.2) is 11.6 Å². The zero-order valence-corrected chi connectivity index (χ0v) is 15.3. The predicted molar refractivity (Wildman–Crippen MR) is 94.3 cm³/mol. The maximum absolute atomic E-state index is 13.6. The van der Waals surface area contributed by atoms with Gasteiger partial charge in [0.2, 0.25) is 0 Å². The summed E-state index contributed by atoms with van der Waals surface area (Å²) < 4.78 is 53.9. The summed E-state index contributed by atoms with van der Waals surface area (Å²) in [6.07, 6.45) is 0.163. The van der Waals surface area contributed by atoms with E-state index in [2.05, 4.69) is 4.98 Å². The number of carboxylic acid groups (broad SMARTS) is 1. The lowest BCUT2D eigenvalue weighted by Crippen LogP contribution is -2.16. The van der Waals surface area contributed by atoms with Crippen LogP contribution in [0.15, 0.2) is 41.3 Å². The number of hydrogen-bond donors (Lipinski definition) is 1. The van der Waals surface area contributed by atoms with Crippen LogP contribution < -0.4 is 0 Å². The van der Waals surface area contributed by atoms with E-state index in [0.29, 0.717) is 11.6 Å². The zero-order valence-electron chi connectivity index (χ0n) is 13.7. The van der Waals surface area contributed by atoms with Crippen molar-refractivity contribution in [2.24, 2.45) is 0 Å². The highest BCUT2D eigenvalue weighted by molar-refractivity contribution is 7.90. The smallest absolute Gasteiger partial charge is 0.303 e. The summed E-state index contributed by atoms with van der Waals surface area (Å²) in [5.41, 5.74) is 0.763. The van der Waals surface area contributed by atoms with Gasteiger partial charge in [0, 0.05) is 12.1 Å². The molecule has 27 heavy (non-hydrogen) atoms. The number of halogens is 3. The molecule has 142 valence electrons. The van der Waals surface area contributed by atoms with Crippen LogP contribution in [0, 0.1) is 11.6 Å². The summed E-state index contributed by atoms with van der Waals surface area (Å²) in [6, 6.07) is 6.63. The summed E-state index contributed by atoms with van der Waals surface area (Å²) in [5.74, 6) is -3.47. The Labute approximate surface area is 158 Å². The number of hydrogen-bond acceptors (Lipinski definition) is 4. The summed E-state index contributed by atoms with van der Waals surface area (Å²) in [7, 11) is -4.28. The fourth-order valence-corrected chi connectivity index (χ4v) is 4.44. The van der Waals surface area contributed by atoms with Crippen LogP contribution in [0.2, 0.25) is 5.15 Å². The highest BCUT2D eigenvalue weighted by Gasteiger charge is 2.25. The van der Waals surface area contributed by atoms with E-state index in [4.69, 9.17) is 16.7 Å². The molecule has 6 nitrogen and oxygen atoms in total. The van der Waals surface area contributed by atoms with Crippen molar-refractivity contribution in [3.8, 4) is 0 Å². The fraction of sp³-hybridized carbons (Fsp3) is 0.176. The lowest BCUT2D eigenvalue weighted by atomic mass is 10.2. The van der Waals surface area contributed by atoms with Crippen LogP contribution in [0.4, 0.5) is 8.78 Å². The number of carboxylic acids is 1. The molecule has 0 saturated heterocycles. The first kappa shape index (κ1) is 19.2. The van der Waals surface area contributed by atoms with Crippen LogP contribution in [0.25, 0.3) is 11.0 Å². The standard InChI is InChI=1S/C17H13ClF2N2O4S/c18-16-7-6-15-14(21-16)8-10(2-1-3-17(23)24)22(15)27(25,26)11-4-5-12(19)13(20)9-11/h4-9H,1-3H2,(H,23,24). The molecule has 1 N–H and O–H groups in total. The van der Waals surface area contributed by atoms with E-state index in [9.17, 15) is 22.0 Å². The molecule has 3 rings (SSSR count). The van der Waals surface area contributed by atoms with E-state index in [-0.39, 0.29) is 35.6 Å². The molecule has 0 aliphatic carbocycles. The van der Waals surface area contributed by atoms with E-state index >= 15 is 0 Å². The van der Waals surface area contributed by atoms with Crippen LogP contribution in [0.5, 0.6) is 0 Å². The SMILES string of the molecule is O=C(O)CCCc1cc2nc(Cl)ccc2n1S(=O)(=O)c1ccc(F)c(F)c1. The number of pyridine rings is 1. The molecule has 0 aliphatic rings. The fourth-order valence-electron chi connectivity index (χ4n) is 2.71. The van der Waals surface area contributed by atoms with Gasteiger partial charge in [-0.25, -0.2) is 26.2 Å². The van der Waals surface area contributed by atoms with Gasteiger partial charge >= 0.3 is 5.97 Å². The molecular formula is C17H13ClF2N2O4S. The summed E-state index contributed by atoms with van der Waals surface area (Å²) in [6.45, 7) is 0. The topological polar surface area (TPSA) is 89.3 Å². The van der Waals surface area contributed by atoms with Crippen molar-refractivity contribution < 1.29 is 27.1 Å². The maximum atomic E-state index is 13.6. The molecule has 2 aromatic heterocycles. The van der Waals surface area contributed by atoms with E-state index in [1.54, 1.807) is 0 Å². The molecule has 0 bridgehead atoms. The number of fused-ring (bicyclic) bond motifs is 1. The lowest BCUT2D eigenvalue weighted by Gasteiger charge is -2.12. The second-order valence-electron chi connectivity index (χ2n) is 5.77. The number of aryl methyl sites for hydroxylation is 1. The van der Waals surface area contributed by atoms with Crippen LogP contribution in [-0.2, 0) is 21.2 Å². The molecule has 0 amide bonds. The van der Waals surface area contributed by atoms with Gasteiger partial charge in [-0.2, -0.15) is 0 Å². The average Bonchev–Trinajstić information content (AvgIpc) is 2.94. The summed E-state index contributed by atoms with van der Waals surface area (Å²) >= 11 is 5.86. The Hall–Kier alpha value is -2.52. The van der Waals surface area contributed by atoms with E-state index < -0.39 is 32.5 Å². The number of aliphatic carboxylic acids is 1. The molecule has 10 heteroatoms. The third kappa shape index (κ3) is 3.79. The highest BCUT2D eigenvalue weighted by Crippen LogP contribution is 2.27. The average molecular weight is 415 g/mol. The molecule has 0 saturated carbocycles. The lowest BCUT2D eigenvalue weighted by molar-refractivity contribution is -0.137. The molecular weight excluding hydrogens is 402 g/mol. The van der Waals surface area contributed by atoms with Gasteiger partial charge in [0.25, 0.3) is 10.0 Å². The molecule has 0 spiro atoms. The third-order valence-corrected chi connectivity index (χ3v) is 5.88. The van der Waals surface area contributed by atoms with Crippen molar-refractivity contribution in [3.05, 3.63) is 58.9 Å². The van der Waals surface area contributed by atoms with Crippen LogP contribution in [0.3, 0.4) is 0 Å². The number of aromatic nitrogens is 2. The molecule has 0 atom stereocenters. The van der Waals surface area contributed by atoms with E-state index in [0.717, 1.165) is 16.1 Å². The normalized spacial score (nSPS) is 11.8. The van der Waals surface area contributed by atoms with Gasteiger partial charge in [-0.1, -0.05) is 11.6 Å². The first-order valence-electron chi connectivity index (χ1n) is 7.79. The second kappa shape index (κ2) is 7.24. The quantitative estimate of drug-likeness (QED) is 0.622. The van der Waals surface area contributed by atoms with Crippen molar-refractivity contribution in [1.29, 1.82) is 0 Å². The Kier molecular flexibility index (Phi) is 5.16. The minimum Gasteiger partial charge on any atom is -0.481 e. The van der Waals surface area contributed by atoms with Crippen molar-refractivity contribution in [1.82, 2.24) is 8.96 Å². The van der Waals surface area contributed by atoms with E-state index in [1.807, 2.05) is 0 Å². The number of carbonyl (C=O) groups is 1. The van der Waals surface area contributed by atoms with Crippen molar-refractivity contribution in [2.45, 2.75) is 24.2 Å². The molecule has 3 aromatic rings. The molecule has 0 fully saturated rings. The van der Waals surface area contributed by atoms with Gasteiger partial charge in [0.1, 0.15) is 5.15 Å². The summed E-state index contributed by atoms with van der Waals surface area (Å²) in [5, 5.41) is 8.95. The Bertz CT molecular complexity index is 1150. The van der Waals surface area contributed by atoms with Crippen LogP contribution in [0.1, 0.15) is 18.5 Å². The van der Waals surface area contributed by atoms with E-state index in [1.165, 1.54) is 18.2 Å². The first-order valence-corrected chi connectivity index (χ1v) is 9.61. The minimum atomic E-state index is -4.28. The zero-order chi connectivity index (χ0) is 19.8. The molecule has 2 heterocycles. The van der Waals surface area contributed by atoms with Gasteiger partial charge in [-0.15, -0.1) is 0 Å². The molecule has 0 unspecified atom stereocenters. The second-order valence-corrected chi connectivity index (χ2v) is 7.94. The van der Waals surface area contributed by atoms with Gasteiger partial charge in [-0.3, -0.25) is 4.79 Å². The van der Waals surface area contributed by atoms with Crippen LogP contribution in [-0.4, -0.2) is 28.5 Å². The van der Waals surface area contributed by atoms with Crippen molar-refractivity contribution in [3.63, 3.8) is 0 Å². The number of benzene rings is 1. The minimum absolute atomic E-state index is 0.128. The predicted octanol–water partition coefficient (Wildman–Crippen LogP) is 3.61. The number of rotatable bonds is 6. The molecule has 1 aromatic carbocycles. The largest absolute Gasteiger partial charge is 0.481 e.